The zero-order chi connectivity index (χ0) is 20.1. The highest BCUT2D eigenvalue weighted by molar-refractivity contribution is 5.70. The van der Waals surface area contributed by atoms with Gasteiger partial charge in [0.1, 0.15) is 5.82 Å². The molecule has 1 unspecified atom stereocenters. The summed E-state index contributed by atoms with van der Waals surface area (Å²) in [5.74, 6) is 0.977. The number of unbranched alkanes of at least 4 members (excludes halogenated alkanes) is 1. The first-order valence-electron chi connectivity index (χ1n) is 9.87. The van der Waals surface area contributed by atoms with E-state index in [1.807, 2.05) is 25.4 Å². The van der Waals surface area contributed by atoms with Gasteiger partial charge in [0.15, 0.2) is 0 Å². The Labute approximate surface area is 166 Å². The monoisotopic (exact) mass is 383 g/mol. The maximum absolute atomic E-state index is 11.0. The Morgan fingerprint density at radius 3 is 2.82 bits per heavy atom. The van der Waals surface area contributed by atoms with E-state index in [4.69, 9.17) is 15.7 Å². The molecule has 0 saturated carbocycles. The molecule has 3 rings (SSSR count). The molecule has 0 aliphatic heterocycles. The SMILES string of the molecule is Cc1cnc(N(CCCCN(O)C(N)=O)C2CCCc3cccnc32)c(C)c1. The van der Waals surface area contributed by atoms with Crippen LogP contribution < -0.4 is 10.6 Å². The van der Waals surface area contributed by atoms with Gasteiger partial charge in [0.05, 0.1) is 18.3 Å². The van der Waals surface area contributed by atoms with E-state index in [0.717, 1.165) is 54.9 Å². The third-order valence-electron chi connectivity index (χ3n) is 5.27. The second-order valence-electron chi connectivity index (χ2n) is 7.47. The summed E-state index contributed by atoms with van der Waals surface area (Å²) in [6.07, 6.45) is 8.44. The Balaban J connectivity index is 1.82. The number of hydrogen-bond donors (Lipinski definition) is 2. The Morgan fingerprint density at radius 1 is 1.29 bits per heavy atom. The number of hydrogen-bond acceptors (Lipinski definition) is 5. The number of hydroxylamine groups is 2. The molecule has 0 aromatic carbocycles. The molecule has 0 saturated heterocycles. The molecule has 1 atom stereocenters. The number of aromatic nitrogens is 2. The molecule has 2 amide bonds. The number of anilines is 1. The quantitative estimate of drug-likeness (QED) is 0.433. The predicted molar refractivity (Wildman–Crippen MR) is 108 cm³/mol. The van der Waals surface area contributed by atoms with Crippen LogP contribution in [0.5, 0.6) is 0 Å². The molecule has 0 bridgehead atoms. The minimum Gasteiger partial charge on any atom is -0.350 e. The van der Waals surface area contributed by atoms with Gasteiger partial charge in [-0.05, 0) is 68.7 Å². The van der Waals surface area contributed by atoms with Crippen molar-refractivity contribution < 1.29 is 10.0 Å². The molecule has 2 aromatic heterocycles. The summed E-state index contributed by atoms with van der Waals surface area (Å²) in [4.78, 5) is 22.7. The summed E-state index contributed by atoms with van der Waals surface area (Å²) in [7, 11) is 0. The molecule has 150 valence electrons. The van der Waals surface area contributed by atoms with E-state index in [2.05, 4.69) is 24.0 Å². The number of fused-ring (bicyclic) bond motifs is 1. The fourth-order valence-electron chi connectivity index (χ4n) is 3.96. The summed E-state index contributed by atoms with van der Waals surface area (Å²) in [5, 5.41) is 10.1. The third kappa shape index (κ3) is 4.59. The lowest BCUT2D eigenvalue weighted by Crippen LogP contribution is -2.36. The van der Waals surface area contributed by atoms with Crippen molar-refractivity contribution in [3.63, 3.8) is 0 Å². The van der Waals surface area contributed by atoms with E-state index in [1.54, 1.807) is 0 Å². The van der Waals surface area contributed by atoms with Gasteiger partial charge >= 0.3 is 6.03 Å². The van der Waals surface area contributed by atoms with Crippen molar-refractivity contribution in [1.82, 2.24) is 15.0 Å². The molecule has 2 aromatic rings. The van der Waals surface area contributed by atoms with Crippen molar-refractivity contribution in [1.29, 1.82) is 0 Å². The lowest BCUT2D eigenvalue weighted by atomic mass is 9.90. The molecule has 7 nitrogen and oxygen atoms in total. The number of rotatable bonds is 7. The maximum Gasteiger partial charge on any atom is 0.338 e. The number of amides is 2. The third-order valence-corrected chi connectivity index (χ3v) is 5.27. The van der Waals surface area contributed by atoms with Gasteiger partial charge in [-0.1, -0.05) is 12.1 Å². The van der Waals surface area contributed by atoms with Crippen molar-refractivity contribution in [2.45, 2.75) is 52.0 Å². The average molecular weight is 383 g/mol. The molecule has 28 heavy (non-hydrogen) atoms. The molecule has 3 N–H and O–H groups in total. The molecular weight excluding hydrogens is 354 g/mol. The smallest absolute Gasteiger partial charge is 0.338 e. The van der Waals surface area contributed by atoms with Gasteiger partial charge in [0.2, 0.25) is 0 Å². The number of nitrogens with zero attached hydrogens (tertiary/aromatic N) is 4. The topological polar surface area (TPSA) is 95.6 Å². The molecule has 2 heterocycles. The van der Waals surface area contributed by atoms with Crippen LogP contribution in [0.2, 0.25) is 0 Å². The van der Waals surface area contributed by atoms with Gasteiger partial charge in [-0.15, -0.1) is 0 Å². The lowest BCUT2D eigenvalue weighted by molar-refractivity contribution is -0.0401. The van der Waals surface area contributed by atoms with Gasteiger partial charge < -0.3 is 10.6 Å². The van der Waals surface area contributed by atoms with Gasteiger partial charge in [-0.3, -0.25) is 10.2 Å². The van der Waals surface area contributed by atoms with Crippen LogP contribution in [-0.4, -0.2) is 39.4 Å². The van der Waals surface area contributed by atoms with E-state index in [1.165, 1.54) is 5.56 Å². The van der Waals surface area contributed by atoms with Crippen LogP contribution in [0.4, 0.5) is 10.6 Å². The van der Waals surface area contributed by atoms with Gasteiger partial charge in [-0.2, -0.15) is 0 Å². The Bertz CT molecular complexity index is 826. The maximum atomic E-state index is 11.0. The molecule has 0 radical (unpaired) electrons. The molecular formula is C21H29N5O2. The Hall–Kier alpha value is -2.67. The minimum atomic E-state index is -0.821. The van der Waals surface area contributed by atoms with Crippen LogP contribution >= 0.6 is 0 Å². The number of primary amides is 1. The van der Waals surface area contributed by atoms with E-state index >= 15 is 0 Å². The zero-order valence-corrected chi connectivity index (χ0v) is 16.6. The standard InChI is InChI=1S/C21H29N5O2/c1-15-13-16(2)20(24-14-15)25(11-3-4-12-26(28)21(22)27)18-9-5-7-17-8-6-10-23-19(17)18/h6,8,10,13-14,18,28H,3-5,7,9,11-12H2,1-2H3,(H2,22,27). The number of carbonyl (C=O) groups is 1. The normalized spacial score (nSPS) is 15.8. The summed E-state index contributed by atoms with van der Waals surface area (Å²) in [6, 6.07) is 5.68. The molecule has 1 aliphatic rings. The van der Waals surface area contributed by atoms with Gasteiger partial charge in [0.25, 0.3) is 0 Å². The number of nitrogens with two attached hydrogens (primary N) is 1. The second kappa shape index (κ2) is 9.01. The van der Waals surface area contributed by atoms with Crippen LogP contribution in [0.15, 0.2) is 30.6 Å². The summed E-state index contributed by atoms with van der Waals surface area (Å²) in [6.45, 7) is 5.13. The zero-order valence-electron chi connectivity index (χ0n) is 16.6. The van der Waals surface area contributed by atoms with Crippen molar-refractivity contribution in [3.05, 3.63) is 53.0 Å². The van der Waals surface area contributed by atoms with Crippen LogP contribution in [0.1, 0.15) is 54.1 Å². The van der Waals surface area contributed by atoms with Crippen LogP contribution in [0.3, 0.4) is 0 Å². The van der Waals surface area contributed by atoms with E-state index < -0.39 is 6.03 Å². The first kappa shape index (κ1) is 20.1. The first-order chi connectivity index (χ1) is 13.5. The molecule has 0 fully saturated rings. The minimum absolute atomic E-state index is 0.181. The first-order valence-corrected chi connectivity index (χ1v) is 9.87. The van der Waals surface area contributed by atoms with E-state index in [0.29, 0.717) is 11.5 Å². The van der Waals surface area contributed by atoms with Crippen molar-refractivity contribution >= 4 is 11.8 Å². The van der Waals surface area contributed by atoms with Gasteiger partial charge in [0, 0.05) is 18.9 Å². The Morgan fingerprint density at radius 2 is 2.07 bits per heavy atom. The fourth-order valence-corrected chi connectivity index (χ4v) is 3.96. The Kier molecular flexibility index (Phi) is 6.46. The summed E-state index contributed by atoms with van der Waals surface area (Å²) in [5.41, 5.74) is 9.81. The molecule has 0 spiro atoms. The summed E-state index contributed by atoms with van der Waals surface area (Å²) >= 11 is 0. The van der Waals surface area contributed by atoms with E-state index in [-0.39, 0.29) is 12.6 Å². The van der Waals surface area contributed by atoms with Crippen molar-refractivity contribution in [3.8, 4) is 0 Å². The average Bonchev–Trinajstić information content (AvgIpc) is 2.68. The van der Waals surface area contributed by atoms with Gasteiger partial charge in [-0.25, -0.2) is 14.8 Å². The highest BCUT2D eigenvalue weighted by Gasteiger charge is 2.28. The largest absolute Gasteiger partial charge is 0.350 e. The number of aryl methyl sites for hydroxylation is 3. The highest BCUT2D eigenvalue weighted by Crippen LogP contribution is 2.36. The molecule has 1 aliphatic carbocycles. The number of carbonyl (C=O) groups excluding carboxylic acids is 1. The number of pyridine rings is 2. The van der Waals surface area contributed by atoms with Crippen LogP contribution in [0, 0.1) is 13.8 Å². The van der Waals surface area contributed by atoms with Crippen LogP contribution in [0.25, 0.3) is 0 Å². The lowest BCUT2D eigenvalue weighted by Gasteiger charge is -2.37. The summed E-state index contributed by atoms with van der Waals surface area (Å²) < 4.78 is 0. The highest BCUT2D eigenvalue weighted by atomic mass is 16.5. The van der Waals surface area contributed by atoms with Crippen molar-refractivity contribution in [2.24, 2.45) is 5.73 Å². The fraction of sp³-hybridized carbons (Fsp3) is 0.476. The second-order valence-corrected chi connectivity index (χ2v) is 7.47. The van der Waals surface area contributed by atoms with Crippen LogP contribution in [-0.2, 0) is 6.42 Å². The number of urea groups is 1. The van der Waals surface area contributed by atoms with E-state index in [9.17, 15) is 10.0 Å². The predicted octanol–water partition coefficient (Wildman–Crippen LogP) is 3.53. The molecule has 7 heteroatoms. The van der Waals surface area contributed by atoms with Crippen molar-refractivity contribution in [2.75, 3.05) is 18.0 Å².